The Morgan fingerprint density at radius 2 is 2.00 bits per heavy atom. The fourth-order valence-electron chi connectivity index (χ4n) is 3.67. The van der Waals surface area contributed by atoms with Gasteiger partial charge in [-0.05, 0) is 25.8 Å². The van der Waals surface area contributed by atoms with Crippen LogP contribution in [0.25, 0.3) is 10.9 Å². The number of carbonyl (C=O) groups excluding carboxylic acids is 1. The first-order valence-electron chi connectivity index (χ1n) is 8.68. The summed E-state index contributed by atoms with van der Waals surface area (Å²) in [4.78, 5) is 26.3. The number of aliphatic carboxylic acids is 1. The fourth-order valence-corrected chi connectivity index (χ4v) is 3.67. The first-order valence-corrected chi connectivity index (χ1v) is 8.68. The van der Waals surface area contributed by atoms with Crippen molar-refractivity contribution in [3.63, 3.8) is 0 Å². The second kappa shape index (κ2) is 9.04. The third kappa shape index (κ3) is 4.45. The molecule has 1 aliphatic rings. The van der Waals surface area contributed by atoms with E-state index in [9.17, 15) is 4.79 Å². The van der Waals surface area contributed by atoms with Crippen LogP contribution in [0, 0.1) is 12.8 Å². The molecule has 3 aromatic rings. The summed E-state index contributed by atoms with van der Waals surface area (Å²) >= 11 is 0. The van der Waals surface area contributed by atoms with Gasteiger partial charge in [-0.2, -0.15) is 0 Å². The number of carbonyl (C=O) groups is 2. The van der Waals surface area contributed by atoms with Gasteiger partial charge in [0.25, 0.3) is 5.97 Å². The number of para-hydroxylation sites is 1. The van der Waals surface area contributed by atoms with Crippen LogP contribution >= 0.6 is 0 Å². The van der Waals surface area contributed by atoms with Crippen molar-refractivity contribution in [1.82, 2.24) is 14.1 Å². The number of hydrogen-bond donors (Lipinski definition) is 1. The van der Waals surface area contributed by atoms with Gasteiger partial charge >= 0.3 is 37.7 Å². The van der Waals surface area contributed by atoms with Crippen LogP contribution in [0.4, 0.5) is 0 Å². The summed E-state index contributed by atoms with van der Waals surface area (Å²) in [5, 5.41) is 8.51. The molecule has 0 aliphatic heterocycles. The number of aromatic nitrogens is 3. The van der Waals surface area contributed by atoms with E-state index in [0.29, 0.717) is 0 Å². The number of rotatable bonds is 2. The fraction of sp³-hybridized carbons (Fsp3) is 0.350. The van der Waals surface area contributed by atoms with Crippen LogP contribution in [0.1, 0.15) is 35.2 Å². The van der Waals surface area contributed by atoms with Gasteiger partial charge in [-0.15, -0.1) is 0 Å². The predicted molar refractivity (Wildman–Crippen MR) is 108 cm³/mol. The predicted octanol–water partition coefficient (Wildman–Crippen LogP) is 2.30. The van der Waals surface area contributed by atoms with E-state index in [1.165, 1.54) is 5.69 Å². The Morgan fingerprint density at radius 3 is 2.63 bits per heavy atom. The number of aryl methyl sites for hydroxylation is 2. The standard InChI is InChI=1S/C18H19N3O.C2H4O2.Ca.2H/c1-12-19-9-10-21(12)11-13-7-8-16-17(18(13)22)14-5-3-4-6-15(14)20(16)2;1-2(3)4;;;/h3-6,9-10,13H,7-8,11H2,1-2H3;1H3,(H,3,4);;;. The minimum atomic E-state index is -0.833. The van der Waals surface area contributed by atoms with E-state index < -0.39 is 5.97 Å². The summed E-state index contributed by atoms with van der Waals surface area (Å²) < 4.78 is 4.26. The Morgan fingerprint density at radius 1 is 1.33 bits per heavy atom. The molecule has 27 heavy (non-hydrogen) atoms. The summed E-state index contributed by atoms with van der Waals surface area (Å²) in [6.45, 7) is 3.80. The summed E-state index contributed by atoms with van der Waals surface area (Å²) in [6.07, 6.45) is 5.63. The molecule has 0 bridgehead atoms. The molecular formula is C20H25CaN3O3. The van der Waals surface area contributed by atoms with Crippen LogP contribution in [0.5, 0.6) is 0 Å². The van der Waals surface area contributed by atoms with Crippen molar-refractivity contribution in [3.8, 4) is 0 Å². The van der Waals surface area contributed by atoms with Gasteiger partial charge in [-0.25, -0.2) is 4.98 Å². The van der Waals surface area contributed by atoms with Crippen molar-refractivity contribution in [3.05, 3.63) is 53.7 Å². The molecule has 1 atom stereocenters. The van der Waals surface area contributed by atoms with E-state index in [1.807, 2.05) is 25.3 Å². The number of imidazole rings is 1. The van der Waals surface area contributed by atoms with E-state index in [4.69, 9.17) is 9.90 Å². The zero-order chi connectivity index (χ0) is 18.8. The molecule has 7 heteroatoms. The van der Waals surface area contributed by atoms with Gasteiger partial charge in [-0.1, -0.05) is 18.2 Å². The van der Waals surface area contributed by atoms with Gasteiger partial charge < -0.3 is 14.2 Å². The molecule has 0 fully saturated rings. The molecule has 0 saturated heterocycles. The quantitative estimate of drug-likeness (QED) is 0.676. The molecule has 1 N–H and O–H groups in total. The monoisotopic (exact) mass is 395 g/mol. The Hall–Kier alpha value is -1.63. The SMILES string of the molecule is CC(=O)O.Cc1nccn1CC1CCc2c(c3ccccc3n2C)C1=O.[CaH2]. The van der Waals surface area contributed by atoms with Crippen molar-refractivity contribution in [2.24, 2.45) is 13.0 Å². The van der Waals surface area contributed by atoms with Gasteiger partial charge in [0.15, 0.2) is 5.78 Å². The van der Waals surface area contributed by atoms with Crippen molar-refractivity contribution in [2.45, 2.75) is 33.2 Å². The van der Waals surface area contributed by atoms with E-state index in [2.05, 4.69) is 33.3 Å². The molecule has 4 rings (SSSR count). The van der Waals surface area contributed by atoms with Crippen LogP contribution in [-0.4, -0.2) is 68.7 Å². The van der Waals surface area contributed by atoms with Crippen molar-refractivity contribution >= 4 is 60.4 Å². The third-order valence-corrected chi connectivity index (χ3v) is 4.92. The summed E-state index contributed by atoms with van der Waals surface area (Å²) in [7, 11) is 2.06. The Kier molecular flexibility index (Phi) is 7.25. The Bertz CT molecular complexity index is 970. The number of hydrogen-bond acceptors (Lipinski definition) is 3. The summed E-state index contributed by atoms with van der Waals surface area (Å²) in [5.74, 6) is 0.467. The molecule has 0 spiro atoms. The number of Topliss-reactive ketones (excluding diaryl/α,β-unsaturated/α-hetero) is 1. The number of benzene rings is 1. The average molecular weight is 396 g/mol. The Labute approximate surface area is 188 Å². The van der Waals surface area contributed by atoms with E-state index >= 15 is 0 Å². The number of nitrogens with zero attached hydrogens (tertiary/aromatic N) is 3. The topological polar surface area (TPSA) is 77.1 Å². The van der Waals surface area contributed by atoms with Gasteiger partial charge in [0.1, 0.15) is 5.82 Å². The maximum absolute atomic E-state index is 13.0. The minimum absolute atomic E-state index is 0. The molecule has 0 saturated carbocycles. The van der Waals surface area contributed by atoms with Crippen molar-refractivity contribution in [2.75, 3.05) is 0 Å². The number of ketones is 1. The molecule has 140 valence electrons. The molecule has 2 aromatic heterocycles. The zero-order valence-corrected chi connectivity index (χ0v) is 15.3. The van der Waals surface area contributed by atoms with Gasteiger partial charge in [0.05, 0.1) is 0 Å². The van der Waals surface area contributed by atoms with Gasteiger partial charge in [-0.3, -0.25) is 9.59 Å². The van der Waals surface area contributed by atoms with E-state index in [1.54, 1.807) is 6.20 Å². The van der Waals surface area contributed by atoms with Crippen LogP contribution < -0.4 is 0 Å². The van der Waals surface area contributed by atoms with Crippen LogP contribution in [0.2, 0.25) is 0 Å². The summed E-state index contributed by atoms with van der Waals surface area (Å²) in [6, 6.07) is 8.21. The number of carboxylic acids is 1. The van der Waals surface area contributed by atoms with E-state index in [0.717, 1.165) is 48.6 Å². The second-order valence-electron chi connectivity index (χ2n) is 6.64. The molecule has 0 radical (unpaired) electrons. The van der Waals surface area contributed by atoms with Crippen molar-refractivity contribution in [1.29, 1.82) is 0 Å². The first kappa shape index (κ1) is 21.7. The number of fused-ring (bicyclic) bond motifs is 3. The molecule has 1 aromatic carbocycles. The van der Waals surface area contributed by atoms with E-state index in [-0.39, 0.29) is 49.4 Å². The van der Waals surface area contributed by atoms with Crippen LogP contribution in [0.3, 0.4) is 0 Å². The molecule has 6 nitrogen and oxygen atoms in total. The normalized spacial score (nSPS) is 15.5. The first-order chi connectivity index (χ1) is 12.4. The molecule has 0 amide bonds. The zero-order valence-electron chi connectivity index (χ0n) is 15.3. The summed E-state index contributed by atoms with van der Waals surface area (Å²) in [5.41, 5.74) is 3.28. The van der Waals surface area contributed by atoms with Crippen LogP contribution in [0.15, 0.2) is 36.7 Å². The Balaban J connectivity index is 0.000000479. The maximum atomic E-state index is 13.0. The van der Waals surface area contributed by atoms with Gasteiger partial charge in [0, 0.05) is 61.0 Å². The van der Waals surface area contributed by atoms with Gasteiger partial charge in [0.2, 0.25) is 0 Å². The number of carboxylic acid groups (broad SMARTS) is 1. The van der Waals surface area contributed by atoms with Crippen LogP contribution in [-0.2, 0) is 24.8 Å². The molecular weight excluding hydrogens is 370 g/mol. The molecule has 1 aliphatic carbocycles. The third-order valence-electron chi connectivity index (χ3n) is 4.92. The molecule has 1 unspecified atom stereocenters. The molecule has 2 heterocycles. The second-order valence-corrected chi connectivity index (χ2v) is 6.64. The average Bonchev–Trinajstić information content (AvgIpc) is 3.12. The van der Waals surface area contributed by atoms with Crippen molar-refractivity contribution < 1.29 is 14.7 Å².